The Balaban J connectivity index is 1.35. The van der Waals surface area contributed by atoms with E-state index in [0.717, 1.165) is 52.3 Å². The van der Waals surface area contributed by atoms with Gasteiger partial charge in [-0.25, -0.2) is 0 Å². The largest absolute Gasteiger partial charge is 0.497 e. The Bertz CT molecular complexity index is 1110. The lowest BCUT2D eigenvalue weighted by Crippen LogP contribution is -2.15. The molecule has 0 bridgehead atoms. The van der Waals surface area contributed by atoms with Crippen LogP contribution in [0.3, 0.4) is 0 Å². The van der Waals surface area contributed by atoms with Crippen LogP contribution in [0.25, 0.3) is 22.8 Å². The smallest absolute Gasteiger partial charge is 0.200 e. The summed E-state index contributed by atoms with van der Waals surface area (Å²) in [5.41, 5.74) is 1.80. The van der Waals surface area contributed by atoms with Crippen molar-refractivity contribution >= 4 is 11.8 Å². The maximum Gasteiger partial charge on any atom is 0.200 e. The number of hydrogen-bond acceptors (Lipinski definition) is 7. The summed E-state index contributed by atoms with van der Waals surface area (Å²) < 4.78 is 18.7. The van der Waals surface area contributed by atoms with Crippen LogP contribution < -0.4 is 4.74 Å². The fraction of sp³-hybridized carbons (Fsp3) is 0.348. The van der Waals surface area contributed by atoms with Gasteiger partial charge in [-0.1, -0.05) is 36.2 Å². The third kappa shape index (κ3) is 4.25. The first-order valence-corrected chi connectivity index (χ1v) is 11.5. The number of benzene rings is 1. The van der Waals surface area contributed by atoms with Crippen LogP contribution in [-0.4, -0.2) is 27.0 Å². The lowest BCUT2D eigenvalue weighted by molar-refractivity contribution is 0.337. The van der Waals surface area contributed by atoms with Crippen molar-refractivity contribution in [2.45, 2.75) is 49.1 Å². The van der Waals surface area contributed by atoms with E-state index in [9.17, 15) is 0 Å². The molecule has 1 fully saturated rings. The van der Waals surface area contributed by atoms with Crippen molar-refractivity contribution in [2.75, 3.05) is 7.11 Å². The lowest BCUT2D eigenvalue weighted by Gasteiger charge is -2.25. The van der Waals surface area contributed by atoms with E-state index in [1.165, 1.54) is 19.3 Å². The molecule has 8 heteroatoms. The summed E-state index contributed by atoms with van der Waals surface area (Å²) in [5, 5.41) is 14.1. The Kier molecular flexibility index (Phi) is 5.80. The summed E-state index contributed by atoms with van der Waals surface area (Å²) in [7, 11) is 1.66. The molecule has 4 aromatic rings. The lowest BCUT2D eigenvalue weighted by atomic mass is 9.95. The number of ether oxygens (including phenoxy) is 1. The van der Waals surface area contributed by atoms with Gasteiger partial charge in [-0.3, -0.25) is 4.57 Å². The minimum Gasteiger partial charge on any atom is -0.497 e. The molecule has 1 saturated carbocycles. The number of nitrogens with zero attached hydrogens (tertiary/aromatic N) is 4. The zero-order valence-corrected chi connectivity index (χ0v) is 18.2. The highest BCUT2D eigenvalue weighted by atomic mass is 32.2. The highest BCUT2D eigenvalue weighted by Gasteiger charge is 2.25. The molecular weight excluding hydrogens is 412 g/mol. The van der Waals surface area contributed by atoms with Crippen LogP contribution >= 0.6 is 11.8 Å². The average molecular weight is 437 g/mol. The Hall–Kier alpha value is -3.00. The predicted molar refractivity (Wildman–Crippen MR) is 118 cm³/mol. The highest BCUT2D eigenvalue weighted by molar-refractivity contribution is 7.98. The summed E-state index contributed by atoms with van der Waals surface area (Å²) >= 11 is 1.62. The van der Waals surface area contributed by atoms with Gasteiger partial charge >= 0.3 is 0 Å². The van der Waals surface area contributed by atoms with Crippen molar-refractivity contribution in [1.29, 1.82) is 0 Å². The van der Waals surface area contributed by atoms with Crippen molar-refractivity contribution in [3.05, 3.63) is 54.5 Å². The molecule has 0 radical (unpaired) electrons. The zero-order valence-electron chi connectivity index (χ0n) is 17.4. The van der Waals surface area contributed by atoms with Crippen molar-refractivity contribution in [3.63, 3.8) is 0 Å². The van der Waals surface area contributed by atoms with E-state index in [2.05, 4.69) is 19.9 Å². The minimum atomic E-state index is 0.399. The first-order chi connectivity index (χ1) is 15.3. The van der Waals surface area contributed by atoms with E-state index in [4.69, 9.17) is 13.7 Å². The van der Waals surface area contributed by atoms with Gasteiger partial charge in [0.25, 0.3) is 0 Å². The van der Waals surface area contributed by atoms with Gasteiger partial charge < -0.3 is 13.7 Å². The van der Waals surface area contributed by atoms with Crippen LogP contribution in [-0.2, 0) is 5.75 Å². The summed E-state index contributed by atoms with van der Waals surface area (Å²) in [6.45, 7) is 0. The Morgan fingerprint density at radius 1 is 1.10 bits per heavy atom. The number of aromatic nitrogens is 4. The van der Waals surface area contributed by atoms with Gasteiger partial charge in [-0.15, -0.1) is 10.2 Å². The van der Waals surface area contributed by atoms with Crippen LogP contribution in [0.5, 0.6) is 5.75 Å². The van der Waals surface area contributed by atoms with Crippen molar-refractivity contribution in [3.8, 4) is 28.6 Å². The third-order valence-corrected chi connectivity index (χ3v) is 6.60. The molecule has 3 aromatic heterocycles. The average Bonchev–Trinajstić information content (AvgIpc) is 3.59. The maximum atomic E-state index is 5.63. The fourth-order valence-corrected chi connectivity index (χ4v) is 4.91. The monoisotopic (exact) mass is 436 g/mol. The van der Waals surface area contributed by atoms with Crippen LogP contribution in [0.1, 0.15) is 43.9 Å². The number of hydrogen-bond donors (Lipinski definition) is 0. The van der Waals surface area contributed by atoms with Crippen LogP contribution in [0.4, 0.5) is 0 Å². The molecule has 1 aliphatic rings. The summed E-state index contributed by atoms with van der Waals surface area (Å²) in [6, 6.07) is 14.0. The normalized spacial score (nSPS) is 14.7. The van der Waals surface area contributed by atoms with E-state index < -0.39 is 0 Å². The Morgan fingerprint density at radius 3 is 2.68 bits per heavy atom. The SMILES string of the molecule is COc1ccc(-c2cc(CSc3nnc(-c4ccco4)n3C3CCCCC3)on2)cc1. The van der Waals surface area contributed by atoms with Gasteiger partial charge in [-0.05, 0) is 49.2 Å². The Labute approximate surface area is 184 Å². The molecule has 5 rings (SSSR count). The van der Waals surface area contributed by atoms with Crippen molar-refractivity contribution in [1.82, 2.24) is 19.9 Å². The summed E-state index contributed by atoms with van der Waals surface area (Å²) in [5.74, 6) is 3.81. The molecule has 0 amide bonds. The van der Waals surface area contributed by atoms with Crippen LogP contribution in [0, 0.1) is 0 Å². The molecular formula is C23H24N4O3S. The van der Waals surface area contributed by atoms with Crippen molar-refractivity contribution in [2.24, 2.45) is 0 Å². The second-order valence-corrected chi connectivity index (χ2v) is 8.58. The summed E-state index contributed by atoms with van der Waals surface area (Å²) in [6.07, 6.45) is 7.73. The standard InChI is InChI=1S/C23H24N4O3S/c1-28-18-11-9-16(10-12-18)20-14-19(30-26-20)15-31-23-25-24-22(21-8-5-13-29-21)27(23)17-6-3-2-4-7-17/h5,8-14,17H,2-4,6-7,15H2,1H3. The van der Waals surface area contributed by atoms with E-state index in [0.29, 0.717) is 11.8 Å². The van der Waals surface area contributed by atoms with Gasteiger partial charge in [0, 0.05) is 17.7 Å². The van der Waals surface area contributed by atoms with Crippen LogP contribution in [0.2, 0.25) is 0 Å². The minimum absolute atomic E-state index is 0.399. The van der Waals surface area contributed by atoms with Crippen molar-refractivity contribution < 1.29 is 13.7 Å². The first-order valence-electron chi connectivity index (χ1n) is 10.5. The van der Waals surface area contributed by atoms with Gasteiger partial charge in [0.1, 0.15) is 17.2 Å². The topological polar surface area (TPSA) is 79.1 Å². The molecule has 0 spiro atoms. The molecule has 0 unspecified atom stereocenters. The van der Waals surface area contributed by atoms with E-state index >= 15 is 0 Å². The molecule has 0 atom stereocenters. The molecule has 3 heterocycles. The number of furan rings is 1. The number of thioether (sulfide) groups is 1. The molecule has 0 N–H and O–H groups in total. The second kappa shape index (κ2) is 9.01. The molecule has 0 aliphatic heterocycles. The predicted octanol–water partition coefficient (Wildman–Crippen LogP) is 6.00. The molecule has 1 aliphatic carbocycles. The fourth-order valence-electron chi connectivity index (χ4n) is 4.03. The van der Waals surface area contributed by atoms with Gasteiger partial charge in [0.15, 0.2) is 10.9 Å². The quantitative estimate of drug-likeness (QED) is 0.329. The van der Waals surface area contributed by atoms with E-state index in [-0.39, 0.29) is 0 Å². The molecule has 1 aromatic carbocycles. The molecule has 7 nitrogen and oxygen atoms in total. The highest BCUT2D eigenvalue weighted by Crippen LogP contribution is 2.36. The van der Waals surface area contributed by atoms with Crippen LogP contribution in [0.15, 0.2) is 62.8 Å². The first kappa shape index (κ1) is 19.9. The molecule has 160 valence electrons. The molecule has 31 heavy (non-hydrogen) atoms. The second-order valence-electron chi connectivity index (χ2n) is 7.64. The van der Waals surface area contributed by atoms with E-state index in [1.807, 2.05) is 42.5 Å². The molecule has 0 saturated heterocycles. The van der Waals surface area contributed by atoms with Gasteiger partial charge in [0.05, 0.1) is 19.1 Å². The number of rotatable bonds is 7. The van der Waals surface area contributed by atoms with Gasteiger partial charge in [0.2, 0.25) is 5.82 Å². The van der Waals surface area contributed by atoms with E-state index in [1.54, 1.807) is 25.1 Å². The van der Waals surface area contributed by atoms with Gasteiger partial charge in [-0.2, -0.15) is 0 Å². The maximum absolute atomic E-state index is 5.63. The number of methoxy groups -OCH3 is 1. The third-order valence-electron chi connectivity index (χ3n) is 5.63. The Morgan fingerprint density at radius 2 is 1.94 bits per heavy atom. The zero-order chi connectivity index (χ0) is 21.0. The summed E-state index contributed by atoms with van der Waals surface area (Å²) in [4.78, 5) is 0.